The second-order valence-electron chi connectivity index (χ2n) is 7.46. The third-order valence-corrected chi connectivity index (χ3v) is 5.64. The molecule has 5 N–H and O–H groups in total. The van der Waals surface area contributed by atoms with Crippen LogP contribution in [0.1, 0.15) is 42.9 Å². The van der Waals surface area contributed by atoms with E-state index in [1.54, 1.807) is 12.1 Å². The van der Waals surface area contributed by atoms with Crippen molar-refractivity contribution in [1.82, 2.24) is 9.97 Å². The van der Waals surface area contributed by atoms with Gasteiger partial charge < -0.3 is 21.5 Å². The summed E-state index contributed by atoms with van der Waals surface area (Å²) in [4.78, 5) is 10.9. The molecular formula is C19H24FN5O. The molecule has 26 heavy (non-hydrogen) atoms. The van der Waals surface area contributed by atoms with Gasteiger partial charge in [0.25, 0.3) is 0 Å². The summed E-state index contributed by atoms with van der Waals surface area (Å²) in [6, 6.07) is 8.34. The third kappa shape index (κ3) is 3.24. The Morgan fingerprint density at radius 3 is 2.38 bits per heavy atom. The van der Waals surface area contributed by atoms with Crippen molar-refractivity contribution in [2.24, 2.45) is 5.73 Å². The Bertz CT molecular complexity index is 783. The van der Waals surface area contributed by atoms with E-state index in [4.69, 9.17) is 11.5 Å². The van der Waals surface area contributed by atoms with Gasteiger partial charge in [-0.3, -0.25) is 0 Å². The second-order valence-corrected chi connectivity index (χ2v) is 7.46. The normalized spacial score (nSPS) is 25.0. The topological polar surface area (TPSA) is 101 Å². The number of halogens is 1. The highest BCUT2D eigenvalue weighted by atomic mass is 19.1. The zero-order valence-electron chi connectivity index (χ0n) is 14.6. The number of aliphatic hydroxyl groups is 1. The zero-order valence-corrected chi connectivity index (χ0v) is 14.6. The molecule has 7 heteroatoms. The Hall–Kier alpha value is -2.25. The summed E-state index contributed by atoms with van der Waals surface area (Å²) in [5.41, 5.74) is 12.6. The molecule has 1 saturated carbocycles. The summed E-state index contributed by atoms with van der Waals surface area (Å²) < 4.78 is 13.1. The van der Waals surface area contributed by atoms with Gasteiger partial charge in [-0.1, -0.05) is 12.1 Å². The van der Waals surface area contributed by atoms with Gasteiger partial charge in [-0.25, -0.2) is 9.37 Å². The minimum absolute atomic E-state index is 0.250. The van der Waals surface area contributed by atoms with Crippen LogP contribution in [0.2, 0.25) is 0 Å². The lowest BCUT2D eigenvalue weighted by molar-refractivity contribution is 0.0116. The number of nitrogens with two attached hydrogens (primary N) is 2. The summed E-state index contributed by atoms with van der Waals surface area (Å²) in [5, 5.41) is 11.0. The van der Waals surface area contributed by atoms with E-state index in [-0.39, 0.29) is 17.8 Å². The molecule has 0 radical (unpaired) electrons. The monoisotopic (exact) mass is 357 g/mol. The number of aromatic nitrogens is 2. The summed E-state index contributed by atoms with van der Waals surface area (Å²) in [6.45, 7) is 1.29. The number of anilines is 2. The molecule has 1 saturated heterocycles. The van der Waals surface area contributed by atoms with E-state index >= 15 is 0 Å². The van der Waals surface area contributed by atoms with Crippen LogP contribution < -0.4 is 16.4 Å². The van der Waals surface area contributed by atoms with Crippen LogP contribution >= 0.6 is 0 Å². The van der Waals surface area contributed by atoms with Crippen LogP contribution in [0.4, 0.5) is 16.2 Å². The number of piperidine rings is 1. The van der Waals surface area contributed by atoms with Crippen LogP contribution in [0, 0.1) is 5.82 Å². The van der Waals surface area contributed by atoms with Gasteiger partial charge in [0.15, 0.2) is 0 Å². The smallest absolute Gasteiger partial charge is 0.222 e. The maximum absolute atomic E-state index is 13.1. The first kappa shape index (κ1) is 17.2. The first-order valence-electron chi connectivity index (χ1n) is 9.06. The van der Waals surface area contributed by atoms with Crippen LogP contribution in [0.5, 0.6) is 0 Å². The van der Waals surface area contributed by atoms with Crippen molar-refractivity contribution in [2.75, 3.05) is 23.7 Å². The second kappa shape index (κ2) is 6.48. The number of nitrogen functional groups attached to an aromatic ring is 1. The van der Waals surface area contributed by atoms with Gasteiger partial charge in [0.2, 0.25) is 5.95 Å². The number of hydrogen-bond acceptors (Lipinski definition) is 6. The van der Waals surface area contributed by atoms with Crippen LogP contribution in [-0.4, -0.2) is 34.2 Å². The highest BCUT2D eigenvalue weighted by molar-refractivity contribution is 5.45. The fourth-order valence-corrected chi connectivity index (χ4v) is 3.90. The molecule has 1 aromatic carbocycles. The highest BCUT2D eigenvalue weighted by Gasteiger charge is 2.35. The number of nitrogens with zero attached hydrogens (tertiary/aromatic N) is 3. The van der Waals surface area contributed by atoms with Crippen LogP contribution in [-0.2, 0) is 5.60 Å². The lowest BCUT2D eigenvalue weighted by Gasteiger charge is -2.39. The van der Waals surface area contributed by atoms with Crippen molar-refractivity contribution in [3.8, 4) is 0 Å². The Morgan fingerprint density at radius 1 is 1.12 bits per heavy atom. The lowest BCUT2D eigenvalue weighted by atomic mass is 9.78. The highest BCUT2D eigenvalue weighted by Crippen LogP contribution is 2.38. The van der Waals surface area contributed by atoms with E-state index in [2.05, 4.69) is 14.9 Å². The van der Waals surface area contributed by atoms with Gasteiger partial charge in [0.1, 0.15) is 11.6 Å². The minimum Gasteiger partial charge on any atom is -0.385 e. The van der Waals surface area contributed by atoms with E-state index in [1.165, 1.54) is 12.1 Å². The van der Waals surface area contributed by atoms with Gasteiger partial charge in [-0.05, 0) is 43.4 Å². The van der Waals surface area contributed by atoms with Crippen LogP contribution in [0.15, 0.2) is 30.3 Å². The van der Waals surface area contributed by atoms with E-state index < -0.39 is 5.60 Å². The molecule has 2 aliphatic rings. The lowest BCUT2D eigenvalue weighted by Crippen LogP contribution is -2.43. The molecule has 4 rings (SSSR count). The van der Waals surface area contributed by atoms with Gasteiger partial charge in [0, 0.05) is 31.1 Å². The summed E-state index contributed by atoms with van der Waals surface area (Å²) >= 11 is 0. The van der Waals surface area contributed by atoms with E-state index in [1.807, 2.05) is 6.07 Å². The molecule has 0 amide bonds. The predicted molar refractivity (Wildman–Crippen MR) is 98.1 cm³/mol. The fourth-order valence-electron chi connectivity index (χ4n) is 3.90. The molecule has 0 spiro atoms. The zero-order chi connectivity index (χ0) is 18.3. The molecular weight excluding hydrogens is 333 g/mol. The molecule has 1 aliphatic heterocycles. The minimum atomic E-state index is -0.938. The van der Waals surface area contributed by atoms with Gasteiger partial charge in [0.05, 0.1) is 11.3 Å². The molecule has 2 fully saturated rings. The third-order valence-electron chi connectivity index (χ3n) is 5.64. The molecule has 2 heterocycles. The van der Waals surface area contributed by atoms with Crippen LogP contribution in [0.25, 0.3) is 0 Å². The van der Waals surface area contributed by atoms with Crippen molar-refractivity contribution < 1.29 is 9.50 Å². The molecule has 138 valence electrons. The van der Waals surface area contributed by atoms with E-state index in [0.29, 0.717) is 31.8 Å². The van der Waals surface area contributed by atoms with Gasteiger partial charge in [-0.15, -0.1) is 0 Å². The first-order valence-corrected chi connectivity index (χ1v) is 9.06. The number of hydrogen-bond donors (Lipinski definition) is 3. The van der Waals surface area contributed by atoms with Gasteiger partial charge in [-0.2, -0.15) is 4.98 Å². The Balaban J connectivity index is 1.48. The van der Waals surface area contributed by atoms with Crippen molar-refractivity contribution in [3.63, 3.8) is 0 Å². The Morgan fingerprint density at radius 2 is 1.77 bits per heavy atom. The maximum Gasteiger partial charge on any atom is 0.222 e. The first-order chi connectivity index (χ1) is 12.4. The number of rotatable bonds is 3. The molecule has 0 unspecified atom stereocenters. The Kier molecular flexibility index (Phi) is 4.28. The van der Waals surface area contributed by atoms with E-state index in [9.17, 15) is 9.50 Å². The standard InChI is InChI=1S/C19H24FN5O/c20-14-3-1-13(2-4-14)19(26)5-7-25(8-6-19)17-11-16(23-18(22)24-17)12-9-15(21)10-12/h1-4,11-12,15,26H,5-10,21H2,(H2,22,23,24). The average Bonchev–Trinajstić information content (AvgIpc) is 2.59. The van der Waals surface area contributed by atoms with Gasteiger partial charge >= 0.3 is 0 Å². The maximum atomic E-state index is 13.1. The molecule has 6 nitrogen and oxygen atoms in total. The number of benzene rings is 1. The molecule has 2 aromatic rings. The van der Waals surface area contributed by atoms with E-state index in [0.717, 1.165) is 29.9 Å². The molecule has 1 aromatic heterocycles. The Labute approximate surface area is 152 Å². The fraction of sp³-hybridized carbons (Fsp3) is 0.474. The molecule has 1 aliphatic carbocycles. The molecule has 0 bridgehead atoms. The average molecular weight is 357 g/mol. The van der Waals surface area contributed by atoms with Crippen molar-refractivity contribution >= 4 is 11.8 Å². The largest absolute Gasteiger partial charge is 0.385 e. The summed E-state index contributed by atoms with van der Waals surface area (Å²) in [5.74, 6) is 1.14. The van der Waals surface area contributed by atoms with Crippen molar-refractivity contribution in [2.45, 2.75) is 43.2 Å². The SMILES string of the molecule is Nc1nc(C2CC(N)C2)cc(N2CCC(O)(c3ccc(F)cc3)CC2)n1. The van der Waals surface area contributed by atoms with Crippen LogP contribution in [0.3, 0.4) is 0 Å². The summed E-state index contributed by atoms with van der Waals surface area (Å²) in [7, 11) is 0. The van der Waals surface area contributed by atoms with Crippen molar-refractivity contribution in [1.29, 1.82) is 0 Å². The summed E-state index contributed by atoms with van der Waals surface area (Å²) in [6.07, 6.45) is 2.96. The quantitative estimate of drug-likeness (QED) is 0.775. The van der Waals surface area contributed by atoms with Crippen molar-refractivity contribution in [3.05, 3.63) is 47.4 Å². The predicted octanol–water partition coefficient (Wildman–Crippen LogP) is 1.89. The molecule has 0 atom stereocenters.